The van der Waals surface area contributed by atoms with E-state index in [0.29, 0.717) is 34.9 Å². The van der Waals surface area contributed by atoms with Crippen LogP contribution in [0.4, 0.5) is 17.5 Å². The first-order valence-electron chi connectivity index (χ1n) is 8.59. The van der Waals surface area contributed by atoms with E-state index >= 15 is 0 Å². The lowest BCUT2D eigenvalue weighted by Gasteiger charge is -2.29. The highest BCUT2D eigenvalue weighted by Gasteiger charge is 2.28. The molecule has 0 fully saturated rings. The number of anilines is 3. The topological polar surface area (TPSA) is 139 Å². The van der Waals surface area contributed by atoms with E-state index < -0.39 is 15.6 Å². The summed E-state index contributed by atoms with van der Waals surface area (Å²) in [4.78, 5) is 8.50. The van der Waals surface area contributed by atoms with Crippen LogP contribution in [0.15, 0.2) is 33.8 Å². The first-order chi connectivity index (χ1) is 13.0. The Kier molecular flexibility index (Phi) is 5.80. The molecule has 0 spiro atoms. The Bertz CT molecular complexity index is 978. The van der Waals surface area contributed by atoms with E-state index in [0.717, 1.165) is 0 Å². The summed E-state index contributed by atoms with van der Waals surface area (Å²) in [6.45, 7) is 4.01. The Labute approximate surface area is 171 Å². The fourth-order valence-corrected chi connectivity index (χ4v) is 3.80. The molecule has 0 radical (unpaired) electrons. The zero-order chi connectivity index (χ0) is 20.5. The minimum absolute atomic E-state index is 0.103. The summed E-state index contributed by atoms with van der Waals surface area (Å²) >= 11 is 3.41. The van der Waals surface area contributed by atoms with Gasteiger partial charge in [0.05, 0.1) is 16.7 Å². The number of fused-ring (bicyclic) bond motifs is 4. The van der Waals surface area contributed by atoms with Crippen molar-refractivity contribution in [3.63, 3.8) is 0 Å². The normalized spacial score (nSPS) is 17.8. The predicted molar refractivity (Wildman–Crippen MR) is 109 cm³/mol. The third-order valence-electron chi connectivity index (χ3n) is 4.47. The van der Waals surface area contributed by atoms with E-state index in [4.69, 9.17) is 9.88 Å². The highest BCUT2D eigenvalue weighted by molar-refractivity contribution is 9.10. The molecule has 0 amide bonds. The largest absolute Gasteiger partial charge is 0.492 e. The van der Waals surface area contributed by atoms with Crippen molar-refractivity contribution in [3.8, 4) is 5.75 Å². The lowest BCUT2D eigenvalue weighted by atomic mass is 9.89. The molecule has 9 nitrogen and oxygen atoms in total. The Morgan fingerprint density at radius 1 is 1.39 bits per heavy atom. The maximum atomic E-state index is 11.9. The molecule has 3 rings (SSSR count). The van der Waals surface area contributed by atoms with Crippen LogP contribution < -0.4 is 20.5 Å². The SMILES string of the molecule is CC(C)(O)C1CCNc2nc(ncc2Br)Nc2ccc(S(N)(=O)=O)c(c2)OC1. The predicted octanol–water partition coefficient (Wildman–Crippen LogP) is 2.21. The molecule has 5 N–H and O–H groups in total. The van der Waals surface area contributed by atoms with Gasteiger partial charge >= 0.3 is 0 Å². The molecule has 2 aromatic rings. The van der Waals surface area contributed by atoms with Gasteiger partial charge in [0.15, 0.2) is 0 Å². The maximum absolute atomic E-state index is 11.9. The number of primary sulfonamides is 1. The van der Waals surface area contributed by atoms with E-state index in [1.807, 2.05) is 0 Å². The van der Waals surface area contributed by atoms with Crippen molar-refractivity contribution in [1.82, 2.24) is 9.97 Å². The summed E-state index contributed by atoms with van der Waals surface area (Å²) in [5.41, 5.74) is -0.497. The second kappa shape index (κ2) is 7.82. The number of hydrogen-bond donors (Lipinski definition) is 4. The minimum Gasteiger partial charge on any atom is -0.492 e. The van der Waals surface area contributed by atoms with Crippen LogP contribution in [0.3, 0.4) is 0 Å². The quantitative estimate of drug-likeness (QED) is 0.522. The molecule has 0 aliphatic carbocycles. The molecular formula is C17H22BrN5O4S. The van der Waals surface area contributed by atoms with Gasteiger partial charge in [-0.25, -0.2) is 18.5 Å². The van der Waals surface area contributed by atoms with Crippen LogP contribution in [-0.2, 0) is 10.0 Å². The zero-order valence-electron chi connectivity index (χ0n) is 15.4. The summed E-state index contributed by atoms with van der Waals surface area (Å²) in [6.07, 6.45) is 2.17. The molecule has 2 heterocycles. The number of aromatic nitrogens is 2. The Balaban J connectivity index is 2.06. The smallest absolute Gasteiger partial charge is 0.241 e. The number of benzene rings is 1. The lowest BCUT2D eigenvalue weighted by Crippen LogP contribution is -2.36. The van der Waals surface area contributed by atoms with Gasteiger partial charge in [-0.2, -0.15) is 4.98 Å². The van der Waals surface area contributed by atoms with E-state index in [1.165, 1.54) is 12.1 Å². The van der Waals surface area contributed by atoms with Crippen molar-refractivity contribution in [2.45, 2.75) is 30.8 Å². The Hall–Kier alpha value is -1.95. The average Bonchev–Trinajstić information content (AvgIpc) is 2.58. The van der Waals surface area contributed by atoms with Gasteiger partial charge in [0.25, 0.3) is 0 Å². The molecule has 1 atom stereocenters. The molecule has 1 aromatic heterocycles. The number of halogens is 1. The molecule has 1 unspecified atom stereocenters. The molecule has 11 heteroatoms. The number of nitrogens with one attached hydrogen (secondary N) is 2. The van der Waals surface area contributed by atoms with E-state index in [2.05, 4.69) is 36.5 Å². The fraction of sp³-hybridized carbons (Fsp3) is 0.412. The third-order valence-corrected chi connectivity index (χ3v) is 6.01. The molecular weight excluding hydrogens is 450 g/mol. The van der Waals surface area contributed by atoms with Gasteiger partial charge in [-0.05, 0) is 48.3 Å². The van der Waals surface area contributed by atoms with Crippen molar-refractivity contribution in [1.29, 1.82) is 0 Å². The van der Waals surface area contributed by atoms with E-state index in [1.54, 1.807) is 26.1 Å². The van der Waals surface area contributed by atoms with Crippen LogP contribution in [0, 0.1) is 5.92 Å². The van der Waals surface area contributed by atoms with Gasteiger partial charge < -0.3 is 20.5 Å². The first kappa shape index (κ1) is 20.8. The fourth-order valence-electron chi connectivity index (χ4n) is 2.81. The van der Waals surface area contributed by atoms with Crippen molar-refractivity contribution in [2.75, 3.05) is 23.8 Å². The molecule has 152 valence electrons. The van der Waals surface area contributed by atoms with Gasteiger partial charge in [0.1, 0.15) is 16.5 Å². The molecule has 0 saturated heterocycles. The summed E-state index contributed by atoms with van der Waals surface area (Å²) in [6, 6.07) is 4.44. The van der Waals surface area contributed by atoms with Crippen LogP contribution in [-0.4, -0.2) is 42.2 Å². The summed E-state index contributed by atoms with van der Waals surface area (Å²) < 4.78 is 30.4. The number of ether oxygens (including phenoxy) is 1. The second-order valence-corrected chi connectivity index (χ2v) is 9.48. The van der Waals surface area contributed by atoms with Crippen molar-refractivity contribution >= 4 is 43.4 Å². The van der Waals surface area contributed by atoms with Gasteiger partial charge in [-0.1, -0.05) is 0 Å². The van der Waals surface area contributed by atoms with Gasteiger partial charge in [0.2, 0.25) is 16.0 Å². The van der Waals surface area contributed by atoms with Crippen LogP contribution in [0.5, 0.6) is 5.75 Å². The standard InChI is InChI=1S/C17H22BrN5O4S/c1-17(2,24)10-5-6-20-15-12(18)8-21-16(23-15)22-11-3-4-14(28(19,25)26)13(7-11)27-9-10/h3-4,7-8,10,24H,5-6,9H2,1-2H3,(H2,19,25,26)(H2,20,21,22,23). The molecule has 1 aliphatic heterocycles. The third kappa shape index (κ3) is 4.90. The monoisotopic (exact) mass is 471 g/mol. The van der Waals surface area contributed by atoms with Gasteiger partial charge in [-0.3, -0.25) is 0 Å². The van der Waals surface area contributed by atoms with Crippen LogP contribution in [0.2, 0.25) is 0 Å². The van der Waals surface area contributed by atoms with Crippen molar-refractivity contribution in [3.05, 3.63) is 28.9 Å². The summed E-state index contributed by atoms with van der Waals surface area (Å²) in [5, 5.41) is 22.1. The summed E-state index contributed by atoms with van der Waals surface area (Å²) in [5.74, 6) is 0.768. The first-order valence-corrected chi connectivity index (χ1v) is 10.9. The molecule has 1 aliphatic rings. The molecule has 0 saturated carbocycles. The van der Waals surface area contributed by atoms with Gasteiger partial charge in [-0.15, -0.1) is 0 Å². The minimum atomic E-state index is -3.98. The van der Waals surface area contributed by atoms with E-state index in [9.17, 15) is 13.5 Å². The summed E-state index contributed by atoms with van der Waals surface area (Å²) in [7, 11) is -3.98. The zero-order valence-corrected chi connectivity index (χ0v) is 17.8. The highest BCUT2D eigenvalue weighted by Crippen LogP contribution is 2.31. The Morgan fingerprint density at radius 3 is 2.82 bits per heavy atom. The van der Waals surface area contributed by atoms with Crippen molar-refractivity contribution < 1.29 is 18.3 Å². The number of aliphatic hydroxyl groups is 1. The lowest BCUT2D eigenvalue weighted by molar-refractivity contribution is -0.00619. The molecule has 28 heavy (non-hydrogen) atoms. The molecule has 4 bridgehead atoms. The van der Waals surface area contributed by atoms with Crippen LogP contribution >= 0.6 is 15.9 Å². The number of rotatable bonds is 2. The van der Waals surface area contributed by atoms with E-state index in [-0.39, 0.29) is 23.2 Å². The number of sulfonamides is 1. The van der Waals surface area contributed by atoms with Crippen LogP contribution in [0.1, 0.15) is 20.3 Å². The second-order valence-electron chi connectivity index (χ2n) is 7.10. The molecule has 1 aromatic carbocycles. The average molecular weight is 472 g/mol. The number of hydrogen-bond acceptors (Lipinski definition) is 8. The highest BCUT2D eigenvalue weighted by atomic mass is 79.9. The Morgan fingerprint density at radius 2 is 2.14 bits per heavy atom. The van der Waals surface area contributed by atoms with Gasteiger partial charge in [0, 0.05) is 30.4 Å². The van der Waals surface area contributed by atoms with Crippen LogP contribution in [0.25, 0.3) is 0 Å². The maximum Gasteiger partial charge on any atom is 0.241 e. The number of nitrogens with zero attached hydrogens (tertiary/aromatic N) is 2. The number of nitrogens with two attached hydrogens (primary N) is 1. The van der Waals surface area contributed by atoms with Crippen molar-refractivity contribution in [2.24, 2.45) is 11.1 Å².